The molecular weight excluding hydrogens is 363 g/mol. The van der Waals surface area contributed by atoms with Crippen molar-refractivity contribution in [3.8, 4) is 5.75 Å². The Morgan fingerprint density at radius 1 is 0.957 bits per heavy atom. The third-order valence-electron chi connectivity index (χ3n) is 3.73. The third-order valence-corrected chi connectivity index (χ3v) is 5.38. The number of halogens is 2. The Morgan fingerprint density at radius 3 is 2.17 bits per heavy atom. The molecule has 0 aromatic heterocycles. The molecule has 0 amide bonds. The van der Waals surface area contributed by atoms with E-state index in [1.807, 2.05) is 0 Å². The van der Waals surface area contributed by atoms with Crippen LogP contribution < -0.4 is 3.32 Å². The Bertz CT molecular complexity index is 578. The van der Waals surface area contributed by atoms with Gasteiger partial charge in [-0.1, -0.05) is 0 Å². The van der Waals surface area contributed by atoms with Gasteiger partial charge in [0.2, 0.25) is 0 Å². The molecule has 0 N–H and O–H groups in total. The van der Waals surface area contributed by atoms with Gasteiger partial charge in [0.05, 0.1) is 0 Å². The summed E-state index contributed by atoms with van der Waals surface area (Å²) in [6.45, 7) is 13.6. The summed E-state index contributed by atoms with van der Waals surface area (Å²) in [7, 11) is 0. The number of rotatable bonds is 3. The van der Waals surface area contributed by atoms with E-state index in [1.54, 1.807) is 0 Å². The van der Waals surface area contributed by atoms with Gasteiger partial charge in [-0.15, -0.1) is 24.8 Å². The van der Waals surface area contributed by atoms with Gasteiger partial charge in [-0.05, 0) is 0 Å². The smallest absolute Gasteiger partial charge is 0.147 e. The van der Waals surface area contributed by atoms with E-state index < -0.39 is 19.5 Å². The molecule has 2 rings (SSSR count). The van der Waals surface area contributed by atoms with Crippen molar-refractivity contribution in [3.05, 3.63) is 51.4 Å². The molecule has 23 heavy (non-hydrogen) atoms. The SMILES string of the molecule is CC(C)(C)C1=[C]([Ti][O]c2cccc(C(C)(C)C)c2)CC=C1.Cl.Cl. The van der Waals surface area contributed by atoms with Crippen LogP contribution in [-0.2, 0) is 25.0 Å². The monoisotopic (exact) mass is 390 g/mol. The second-order valence-electron chi connectivity index (χ2n) is 7.73. The summed E-state index contributed by atoms with van der Waals surface area (Å²) in [4.78, 5) is 0. The fourth-order valence-corrected chi connectivity index (χ4v) is 4.23. The van der Waals surface area contributed by atoms with Gasteiger partial charge in [0.25, 0.3) is 0 Å². The molecule has 0 atom stereocenters. The van der Waals surface area contributed by atoms with Gasteiger partial charge in [0, 0.05) is 0 Å². The Hall–Kier alpha value is -0.206. The molecule has 0 fully saturated rings. The van der Waals surface area contributed by atoms with Gasteiger partial charge < -0.3 is 0 Å². The van der Waals surface area contributed by atoms with Crippen molar-refractivity contribution in [1.29, 1.82) is 0 Å². The van der Waals surface area contributed by atoms with Gasteiger partial charge in [-0.2, -0.15) is 0 Å². The summed E-state index contributed by atoms with van der Waals surface area (Å²) in [5.74, 6) is 1.02. The van der Waals surface area contributed by atoms with E-state index in [1.165, 1.54) is 15.0 Å². The minimum Gasteiger partial charge on any atom is -0.147 e. The number of benzene rings is 1. The van der Waals surface area contributed by atoms with E-state index in [2.05, 4.69) is 78.0 Å². The van der Waals surface area contributed by atoms with Crippen molar-refractivity contribution >= 4 is 24.8 Å². The average molecular weight is 391 g/mol. The fraction of sp³-hybridized carbons (Fsp3) is 0.474. The first-order valence-corrected chi connectivity index (χ1v) is 9.03. The summed E-state index contributed by atoms with van der Waals surface area (Å²) < 4.78 is 7.71. The van der Waals surface area contributed by atoms with Crippen molar-refractivity contribution < 1.29 is 22.9 Å². The first kappa shape index (κ1) is 22.8. The predicted molar refractivity (Wildman–Crippen MR) is 101 cm³/mol. The van der Waals surface area contributed by atoms with Crippen LogP contribution in [0.4, 0.5) is 0 Å². The molecule has 0 saturated heterocycles. The summed E-state index contributed by atoms with van der Waals surface area (Å²) in [5.41, 5.74) is 3.21. The van der Waals surface area contributed by atoms with Crippen LogP contribution in [0.5, 0.6) is 5.75 Å². The summed E-state index contributed by atoms with van der Waals surface area (Å²) in [6, 6.07) is 8.57. The zero-order chi connectivity index (χ0) is 15.7. The molecule has 0 unspecified atom stereocenters. The maximum absolute atomic E-state index is 6.18. The number of allylic oxidation sites excluding steroid dienone is 4. The van der Waals surface area contributed by atoms with Crippen molar-refractivity contribution in [2.24, 2.45) is 5.41 Å². The average Bonchev–Trinajstić information content (AvgIpc) is 2.84. The maximum Gasteiger partial charge on any atom is -0.147 e. The molecule has 1 aromatic rings. The Balaban J connectivity index is 0.00000242. The Morgan fingerprint density at radius 2 is 1.61 bits per heavy atom. The molecule has 128 valence electrons. The van der Waals surface area contributed by atoms with Crippen molar-refractivity contribution in [3.63, 3.8) is 0 Å². The van der Waals surface area contributed by atoms with Crippen LogP contribution in [0.25, 0.3) is 0 Å². The van der Waals surface area contributed by atoms with E-state index in [9.17, 15) is 0 Å². The molecule has 0 spiro atoms. The minimum absolute atomic E-state index is 0. The van der Waals surface area contributed by atoms with E-state index in [-0.39, 0.29) is 35.6 Å². The van der Waals surface area contributed by atoms with Crippen LogP contribution in [0.15, 0.2) is 45.9 Å². The topological polar surface area (TPSA) is 9.23 Å². The van der Waals surface area contributed by atoms with E-state index >= 15 is 0 Å². The van der Waals surface area contributed by atoms with E-state index in [0.29, 0.717) is 0 Å². The maximum atomic E-state index is 6.18. The van der Waals surface area contributed by atoms with Gasteiger partial charge in [0.1, 0.15) is 0 Å². The normalized spacial score (nSPS) is 14.2. The molecule has 0 bridgehead atoms. The van der Waals surface area contributed by atoms with Crippen LogP contribution in [-0.4, -0.2) is 0 Å². The third kappa shape index (κ3) is 6.31. The van der Waals surface area contributed by atoms with E-state index in [0.717, 1.165) is 12.2 Å². The largest absolute Gasteiger partial charge is 0.147 e. The molecule has 0 radical (unpaired) electrons. The van der Waals surface area contributed by atoms with Crippen LogP contribution in [0, 0.1) is 5.41 Å². The van der Waals surface area contributed by atoms with Gasteiger partial charge >= 0.3 is 139 Å². The molecule has 1 nitrogen and oxygen atoms in total. The van der Waals surface area contributed by atoms with Crippen molar-refractivity contribution in [2.45, 2.75) is 53.4 Å². The van der Waals surface area contributed by atoms with Crippen molar-refractivity contribution in [1.82, 2.24) is 0 Å². The summed E-state index contributed by atoms with van der Waals surface area (Å²) >= 11 is -0.544. The molecule has 0 heterocycles. The van der Waals surface area contributed by atoms with Crippen LogP contribution >= 0.6 is 24.8 Å². The number of hydrogen-bond acceptors (Lipinski definition) is 1. The standard InChI is InChI=1S/C10H14O.C9H13.2ClH.Ti/c1-10(2,3)8-5-4-6-9(11)7-8;1-9(2,3)8-6-4-5-7-8;;;/h4-7,11H,1-3H3;4,6H,5H2,1-3H3;2*1H;/q;;;;+1/p-1. The van der Waals surface area contributed by atoms with Gasteiger partial charge in [-0.25, -0.2) is 0 Å². The first-order valence-electron chi connectivity index (χ1n) is 7.61. The van der Waals surface area contributed by atoms with E-state index in [4.69, 9.17) is 3.32 Å². The zero-order valence-electron chi connectivity index (χ0n) is 14.9. The second kappa shape index (κ2) is 8.76. The molecule has 0 saturated carbocycles. The Kier molecular flexibility index (Phi) is 8.68. The first-order chi connectivity index (χ1) is 9.68. The van der Waals surface area contributed by atoms with Gasteiger partial charge in [0.15, 0.2) is 0 Å². The van der Waals surface area contributed by atoms with Gasteiger partial charge in [-0.3, -0.25) is 0 Å². The van der Waals surface area contributed by atoms with Crippen LogP contribution in [0.2, 0.25) is 0 Å². The summed E-state index contributed by atoms with van der Waals surface area (Å²) in [6.07, 6.45) is 5.63. The molecule has 0 aliphatic heterocycles. The van der Waals surface area contributed by atoms with Crippen LogP contribution in [0.3, 0.4) is 0 Å². The summed E-state index contributed by atoms with van der Waals surface area (Å²) in [5, 5.41) is 0. The molecule has 1 aliphatic carbocycles. The molecule has 1 aliphatic rings. The van der Waals surface area contributed by atoms with Crippen LogP contribution in [0.1, 0.15) is 53.5 Å². The fourth-order valence-electron chi connectivity index (χ4n) is 2.45. The second-order valence-corrected chi connectivity index (χ2v) is 9.31. The minimum atomic E-state index is -0.544. The number of hydrogen-bond donors (Lipinski definition) is 0. The quantitative estimate of drug-likeness (QED) is 0.537. The molecular formula is C19H28Cl2OTi. The molecule has 1 aromatic carbocycles. The zero-order valence-corrected chi connectivity index (χ0v) is 18.1. The Labute approximate surface area is 163 Å². The molecule has 4 heteroatoms. The van der Waals surface area contributed by atoms with Crippen molar-refractivity contribution in [2.75, 3.05) is 0 Å². The predicted octanol–water partition coefficient (Wildman–Crippen LogP) is 6.46.